The lowest BCUT2D eigenvalue weighted by Gasteiger charge is -2.13. The summed E-state index contributed by atoms with van der Waals surface area (Å²) in [6, 6.07) is 19.3. The summed E-state index contributed by atoms with van der Waals surface area (Å²) in [5.74, 6) is -0.946. The van der Waals surface area contributed by atoms with Crippen LogP contribution in [0.4, 0.5) is 10.1 Å². The molecule has 0 bridgehead atoms. The van der Waals surface area contributed by atoms with Gasteiger partial charge in [-0.25, -0.2) is 9.37 Å². The minimum absolute atomic E-state index is 0.0281. The van der Waals surface area contributed by atoms with Crippen LogP contribution in [0, 0.1) is 17.1 Å². The first-order valence-corrected chi connectivity index (χ1v) is 10.7. The summed E-state index contributed by atoms with van der Waals surface area (Å²) in [5.41, 5.74) is 1.50. The van der Waals surface area contributed by atoms with Gasteiger partial charge in [0.25, 0.3) is 5.56 Å². The van der Waals surface area contributed by atoms with Gasteiger partial charge in [0.05, 0.1) is 39.0 Å². The molecule has 1 amide bonds. The topological polar surface area (TPSA) is 87.8 Å². The molecule has 0 atom stereocenters. The van der Waals surface area contributed by atoms with E-state index in [9.17, 15) is 14.0 Å². The minimum Gasteiger partial charge on any atom is -0.325 e. The van der Waals surface area contributed by atoms with E-state index in [0.717, 1.165) is 11.8 Å². The van der Waals surface area contributed by atoms with Crippen molar-refractivity contribution in [2.45, 2.75) is 5.16 Å². The lowest BCUT2D eigenvalue weighted by Crippen LogP contribution is -2.23. The standard InChI is InChI=1S/C23H14ClFN4O2S/c24-18-11-16(9-10-19(18)25)29-22(31)17-3-1-2-4-20(17)28-23(29)32-13-21(30)27-15-7-5-14(12-26)6-8-15/h1-11H,13H2,(H,27,30). The fourth-order valence-electron chi connectivity index (χ4n) is 3.02. The van der Waals surface area contributed by atoms with E-state index in [-0.39, 0.29) is 27.4 Å². The van der Waals surface area contributed by atoms with Crippen molar-refractivity contribution in [3.8, 4) is 11.8 Å². The van der Waals surface area contributed by atoms with Crippen LogP contribution >= 0.6 is 23.4 Å². The lowest BCUT2D eigenvalue weighted by atomic mass is 10.2. The number of nitriles is 1. The smallest absolute Gasteiger partial charge is 0.266 e. The number of aromatic nitrogens is 2. The number of nitrogens with one attached hydrogen (secondary N) is 1. The molecule has 4 rings (SSSR count). The Morgan fingerprint density at radius 1 is 1.16 bits per heavy atom. The Balaban J connectivity index is 1.66. The third kappa shape index (κ3) is 4.49. The number of carbonyl (C=O) groups is 1. The van der Waals surface area contributed by atoms with Gasteiger partial charge < -0.3 is 5.32 Å². The lowest BCUT2D eigenvalue weighted by molar-refractivity contribution is -0.113. The third-order valence-electron chi connectivity index (χ3n) is 4.54. The molecule has 1 N–H and O–H groups in total. The molecule has 0 radical (unpaired) electrons. The largest absolute Gasteiger partial charge is 0.325 e. The van der Waals surface area contributed by atoms with Gasteiger partial charge in [-0.1, -0.05) is 35.5 Å². The first-order chi connectivity index (χ1) is 15.5. The van der Waals surface area contributed by atoms with E-state index in [2.05, 4.69) is 10.3 Å². The molecule has 4 aromatic rings. The Hall–Kier alpha value is -3.67. The van der Waals surface area contributed by atoms with Gasteiger partial charge in [-0.3, -0.25) is 14.2 Å². The maximum atomic E-state index is 13.7. The molecule has 0 saturated heterocycles. The van der Waals surface area contributed by atoms with E-state index in [1.807, 2.05) is 6.07 Å². The molecule has 0 saturated carbocycles. The van der Waals surface area contributed by atoms with Crippen LogP contribution in [0.5, 0.6) is 0 Å². The van der Waals surface area contributed by atoms with Gasteiger partial charge in [0.2, 0.25) is 5.91 Å². The summed E-state index contributed by atoms with van der Waals surface area (Å²) in [5, 5.41) is 12.1. The van der Waals surface area contributed by atoms with Gasteiger partial charge in [0.1, 0.15) is 5.82 Å². The van der Waals surface area contributed by atoms with Crippen molar-refractivity contribution in [3.05, 3.63) is 93.5 Å². The van der Waals surface area contributed by atoms with Crippen LogP contribution < -0.4 is 10.9 Å². The van der Waals surface area contributed by atoms with E-state index >= 15 is 0 Å². The molecule has 1 heterocycles. The van der Waals surface area contributed by atoms with Gasteiger partial charge in [0.15, 0.2) is 5.16 Å². The number of rotatable bonds is 5. The molecule has 0 aliphatic heterocycles. The van der Waals surface area contributed by atoms with Crippen LogP contribution in [0.15, 0.2) is 76.7 Å². The minimum atomic E-state index is -0.604. The molecule has 0 fully saturated rings. The number of nitrogens with zero attached hydrogens (tertiary/aromatic N) is 3. The average molecular weight is 465 g/mol. The van der Waals surface area contributed by atoms with E-state index in [1.165, 1.54) is 22.8 Å². The second-order valence-electron chi connectivity index (χ2n) is 6.68. The highest BCUT2D eigenvalue weighted by molar-refractivity contribution is 7.99. The predicted octanol–water partition coefficient (Wildman–Crippen LogP) is 4.78. The Morgan fingerprint density at radius 3 is 2.62 bits per heavy atom. The summed E-state index contributed by atoms with van der Waals surface area (Å²) >= 11 is 6.99. The molecule has 9 heteroatoms. The monoisotopic (exact) mass is 464 g/mol. The van der Waals surface area contributed by atoms with Crippen molar-refractivity contribution in [2.24, 2.45) is 0 Å². The molecule has 0 unspecified atom stereocenters. The zero-order chi connectivity index (χ0) is 22.7. The summed E-state index contributed by atoms with van der Waals surface area (Å²) in [7, 11) is 0. The van der Waals surface area contributed by atoms with Gasteiger partial charge in [-0.2, -0.15) is 5.26 Å². The van der Waals surface area contributed by atoms with Crippen molar-refractivity contribution >= 4 is 45.9 Å². The number of carbonyl (C=O) groups excluding carboxylic acids is 1. The molecular weight excluding hydrogens is 451 g/mol. The van der Waals surface area contributed by atoms with Crippen molar-refractivity contribution in [1.29, 1.82) is 5.26 Å². The number of hydrogen-bond donors (Lipinski definition) is 1. The molecule has 0 aliphatic rings. The van der Waals surface area contributed by atoms with Crippen LogP contribution in [-0.4, -0.2) is 21.2 Å². The normalized spacial score (nSPS) is 10.7. The Labute approximate surface area is 191 Å². The maximum Gasteiger partial charge on any atom is 0.266 e. The second-order valence-corrected chi connectivity index (χ2v) is 8.03. The first-order valence-electron chi connectivity index (χ1n) is 9.36. The van der Waals surface area contributed by atoms with Crippen LogP contribution in [0.1, 0.15) is 5.56 Å². The van der Waals surface area contributed by atoms with Crippen molar-refractivity contribution in [3.63, 3.8) is 0 Å². The quantitative estimate of drug-likeness (QED) is 0.339. The summed E-state index contributed by atoms with van der Waals surface area (Å²) < 4.78 is 15.0. The van der Waals surface area contributed by atoms with Crippen molar-refractivity contribution in [2.75, 3.05) is 11.1 Å². The average Bonchev–Trinajstić information content (AvgIpc) is 2.80. The van der Waals surface area contributed by atoms with Crippen LogP contribution in [0.3, 0.4) is 0 Å². The number of thioether (sulfide) groups is 1. The third-order valence-corrected chi connectivity index (χ3v) is 5.76. The van der Waals surface area contributed by atoms with Crippen LogP contribution in [0.2, 0.25) is 5.02 Å². The number of fused-ring (bicyclic) bond motifs is 1. The number of benzene rings is 3. The van der Waals surface area contributed by atoms with Crippen molar-refractivity contribution < 1.29 is 9.18 Å². The Bertz CT molecular complexity index is 1430. The van der Waals surface area contributed by atoms with E-state index in [0.29, 0.717) is 27.8 Å². The van der Waals surface area contributed by atoms with Gasteiger partial charge >= 0.3 is 0 Å². The summed E-state index contributed by atoms with van der Waals surface area (Å²) in [6.07, 6.45) is 0. The molecule has 32 heavy (non-hydrogen) atoms. The Morgan fingerprint density at radius 2 is 1.91 bits per heavy atom. The predicted molar refractivity (Wildman–Crippen MR) is 123 cm³/mol. The fourth-order valence-corrected chi connectivity index (χ4v) is 4.00. The highest BCUT2D eigenvalue weighted by Crippen LogP contribution is 2.24. The van der Waals surface area contributed by atoms with Gasteiger partial charge in [-0.05, 0) is 54.6 Å². The number of para-hydroxylation sites is 1. The number of amides is 1. The molecule has 1 aromatic heterocycles. The van der Waals surface area contributed by atoms with Gasteiger partial charge in [-0.15, -0.1) is 0 Å². The molecule has 158 valence electrons. The number of anilines is 1. The first kappa shape index (κ1) is 21.6. The van der Waals surface area contributed by atoms with Crippen LogP contribution in [-0.2, 0) is 4.79 Å². The highest BCUT2D eigenvalue weighted by Gasteiger charge is 2.16. The van der Waals surface area contributed by atoms with E-state index in [1.54, 1.807) is 48.5 Å². The Kier molecular flexibility index (Phi) is 6.21. The fraction of sp³-hybridized carbons (Fsp3) is 0.0435. The summed E-state index contributed by atoms with van der Waals surface area (Å²) in [6.45, 7) is 0. The van der Waals surface area contributed by atoms with E-state index < -0.39 is 5.82 Å². The maximum absolute atomic E-state index is 13.7. The molecule has 0 spiro atoms. The number of halogens is 2. The summed E-state index contributed by atoms with van der Waals surface area (Å²) in [4.78, 5) is 30.2. The number of hydrogen-bond acceptors (Lipinski definition) is 5. The zero-order valence-corrected chi connectivity index (χ0v) is 18.0. The molecule has 6 nitrogen and oxygen atoms in total. The van der Waals surface area contributed by atoms with Crippen LogP contribution in [0.25, 0.3) is 16.6 Å². The molecular formula is C23H14ClFN4O2S. The van der Waals surface area contributed by atoms with Gasteiger partial charge in [0, 0.05) is 5.69 Å². The second kappa shape index (κ2) is 9.22. The molecule has 0 aliphatic carbocycles. The molecule has 3 aromatic carbocycles. The van der Waals surface area contributed by atoms with Crippen molar-refractivity contribution in [1.82, 2.24) is 9.55 Å². The SMILES string of the molecule is N#Cc1ccc(NC(=O)CSc2nc3ccccc3c(=O)n2-c2ccc(F)c(Cl)c2)cc1. The van der Waals surface area contributed by atoms with E-state index in [4.69, 9.17) is 16.9 Å². The highest BCUT2D eigenvalue weighted by atomic mass is 35.5. The zero-order valence-electron chi connectivity index (χ0n) is 16.4.